The van der Waals surface area contributed by atoms with Crippen LogP contribution in [0.25, 0.3) is 0 Å². The maximum absolute atomic E-state index is 12.7. The second kappa shape index (κ2) is 7.75. The third-order valence-corrected chi connectivity index (χ3v) is 6.68. The third-order valence-electron chi connectivity index (χ3n) is 4.77. The molecular formula is C18H26N2O5S. The van der Waals surface area contributed by atoms with Gasteiger partial charge in [-0.3, -0.25) is 9.59 Å². The lowest BCUT2D eigenvalue weighted by molar-refractivity contribution is -0.147. The summed E-state index contributed by atoms with van der Waals surface area (Å²) in [6, 6.07) is 6.71. The summed E-state index contributed by atoms with van der Waals surface area (Å²) in [5.74, 6) is -1.49. The summed E-state index contributed by atoms with van der Waals surface area (Å²) in [6.45, 7) is 5.58. The van der Waals surface area contributed by atoms with Crippen molar-refractivity contribution in [1.82, 2.24) is 9.62 Å². The minimum atomic E-state index is -3.55. The van der Waals surface area contributed by atoms with Crippen LogP contribution in [0.4, 0.5) is 0 Å². The molecular weight excluding hydrogens is 356 g/mol. The Morgan fingerprint density at radius 1 is 1.19 bits per heavy atom. The number of carbonyl (C=O) groups is 2. The minimum absolute atomic E-state index is 0.0447. The highest BCUT2D eigenvalue weighted by Gasteiger charge is 2.33. The number of benzene rings is 1. The van der Waals surface area contributed by atoms with Crippen LogP contribution in [0.15, 0.2) is 29.2 Å². The molecule has 0 spiro atoms. The number of aryl methyl sites for hydroxylation is 1. The van der Waals surface area contributed by atoms with Gasteiger partial charge in [0.2, 0.25) is 15.9 Å². The number of nitrogens with zero attached hydrogens (tertiary/aromatic N) is 1. The summed E-state index contributed by atoms with van der Waals surface area (Å²) < 4.78 is 26.7. The summed E-state index contributed by atoms with van der Waals surface area (Å²) in [4.78, 5) is 23.6. The molecule has 2 N–H and O–H groups in total. The molecule has 8 heteroatoms. The van der Waals surface area contributed by atoms with Crippen LogP contribution >= 0.6 is 0 Å². The van der Waals surface area contributed by atoms with E-state index in [9.17, 15) is 18.0 Å². The van der Waals surface area contributed by atoms with E-state index in [1.165, 1.54) is 4.31 Å². The Labute approximate surface area is 154 Å². The first-order valence-corrected chi connectivity index (χ1v) is 10.1. The molecule has 0 atom stereocenters. The van der Waals surface area contributed by atoms with Crippen LogP contribution in [0.3, 0.4) is 0 Å². The van der Waals surface area contributed by atoms with Gasteiger partial charge < -0.3 is 10.4 Å². The molecule has 0 aromatic heterocycles. The number of carbonyl (C=O) groups excluding carboxylic acids is 1. The Balaban J connectivity index is 1.93. The zero-order valence-corrected chi connectivity index (χ0v) is 16.2. The molecule has 0 radical (unpaired) electrons. The van der Waals surface area contributed by atoms with Crippen LogP contribution < -0.4 is 5.32 Å². The highest BCUT2D eigenvalue weighted by molar-refractivity contribution is 7.89. The summed E-state index contributed by atoms with van der Waals surface area (Å²) in [6.07, 6.45) is 0.842. The maximum Gasteiger partial charge on any atom is 0.310 e. The normalized spacial score (nSPS) is 17.0. The van der Waals surface area contributed by atoms with Gasteiger partial charge in [0.05, 0.1) is 10.3 Å². The van der Waals surface area contributed by atoms with Gasteiger partial charge in [0.15, 0.2) is 0 Å². The molecule has 0 unspecified atom stereocenters. The smallest absolute Gasteiger partial charge is 0.310 e. The van der Waals surface area contributed by atoms with Gasteiger partial charge >= 0.3 is 5.97 Å². The first-order chi connectivity index (χ1) is 12.0. The number of nitrogens with one attached hydrogen (secondary N) is 1. The fourth-order valence-corrected chi connectivity index (χ4v) is 4.22. The van der Waals surface area contributed by atoms with Crippen molar-refractivity contribution in [1.29, 1.82) is 0 Å². The number of rotatable bonds is 6. The molecule has 1 aromatic carbocycles. The van der Waals surface area contributed by atoms with E-state index < -0.39 is 21.4 Å². The molecule has 1 saturated heterocycles. The molecule has 144 valence electrons. The zero-order valence-electron chi connectivity index (χ0n) is 15.4. The minimum Gasteiger partial charge on any atom is -0.481 e. The van der Waals surface area contributed by atoms with E-state index in [2.05, 4.69) is 5.32 Å². The maximum atomic E-state index is 12.7. The van der Waals surface area contributed by atoms with E-state index in [1.54, 1.807) is 38.1 Å². The first kappa shape index (κ1) is 20.4. The van der Waals surface area contributed by atoms with Gasteiger partial charge in [0, 0.05) is 25.6 Å². The summed E-state index contributed by atoms with van der Waals surface area (Å²) in [5, 5.41) is 11.8. The van der Waals surface area contributed by atoms with E-state index in [-0.39, 0.29) is 36.4 Å². The lowest BCUT2D eigenvalue weighted by Crippen LogP contribution is -2.45. The number of carboxylic acids is 1. The Kier molecular flexibility index (Phi) is 6.08. The van der Waals surface area contributed by atoms with Crippen molar-refractivity contribution < 1.29 is 23.1 Å². The van der Waals surface area contributed by atoms with Crippen molar-refractivity contribution in [2.24, 2.45) is 11.3 Å². The average Bonchev–Trinajstić information content (AvgIpc) is 2.60. The van der Waals surface area contributed by atoms with Crippen LogP contribution in [0.1, 0.15) is 32.3 Å². The largest absolute Gasteiger partial charge is 0.481 e. The number of aliphatic carboxylic acids is 1. The van der Waals surface area contributed by atoms with E-state index in [4.69, 9.17) is 5.11 Å². The molecule has 1 aliphatic heterocycles. The third kappa shape index (κ3) is 4.62. The van der Waals surface area contributed by atoms with E-state index >= 15 is 0 Å². The molecule has 0 bridgehead atoms. The van der Waals surface area contributed by atoms with Crippen LogP contribution in [-0.4, -0.2) is 49.3 Å². The van der Waals surface area contributed by atoms with Crippen molar-refractivity contribution in [2.45, 2.75) is 38.5 Å². The highest BCUT2D eigenvalue weighted by Crippen LogP contribution is 2.24. The predicted molar refractivity (Wildman–Crippen MR) is 97.1 cm³/mol. The monoisotopic (exact) mass is 382 g/mol. The number of amides is 1. The molecule has 26 heavy (non-hydrogen) atoms. The number of hydrogen-bond acceptors (Lipinski definition) is 4. The summed E-state index contributed by atoms with van der Waals surface area (Å²) in [5.41, 5.74) is -0.0471. The topological polar surface area (TPSA) is 104 Å². The lowest BCUT2D eigenvalue weighted by Gasteiger charge is -2.31. The van der Waals surface area contributed by atoms with Crippen molar-refractivity contribution in [3.63, 3.8) is 0 Å². The summed E-state index contributed by atoms with van der Waals surface area (Å²) >= 11 is 0. The summed E-state index contributed by atoms with van der Waals surface area (Å²) in [7, 11) is -3.55. The Hall–Kier alpha value is -1.93. The van der Waals surface area contributed by atoms with Crippen molar-refractivity contribution in [3.8, 4) is 0 Å². The second-order valence-electron chi connectivity index (χ2n) is 7.40. The number of sulfonamides is 1. The molecule has 1 aliphatic rings. The van der Waals surface area contributed by atoms with Crippen LogP contribution in [0.2, 0.25) is 0 Å². The van der Waals surface area contributed by atoms with Crippen LogP contribution in [-0.2, 0) is 19.6 Å². The van der Waals surface area contributed by atoms with Gasteiger partial charge in [0.1, 0.15) is 0 Å². The molecule has 7 nitrogen and oxygen atoms in total. The average molecular weight is 382 g/mol. The molecule has 1 heterocycles. The lowest BCUT2D eigenvalue weighted by atomic mass is 9.92. The second-order valence-corrected chi connectivity index (χ2v) is 9.34. The highest BCUT2D eigenvalue weighted by atomic mass is 32.2. The number of piperidine rings is 1. The van der Waals surface area contributed by atoms with E-state index in [1.807, 2.05) is 6.92 Å². The van der Waals surface area contributed by atoms with Crippen LogP contribution in [0.5, 0.6) is 0 Å². The fourth-order valence-electron chi connectivity index (χ4n) is 2.75. The molecule has 1 amide bonds. The Morgan fingerprint density at radius 3 is 2.23 bits per heavy atom. The molecule has 0 saturated carbocycles. The van der Waals surface area contributed by atoms with E-state index in [0.29, 0.717) is 12.8 Å². The number of hydrogen-bond donors (Lipinski definition) is 2. The van der Waals surface area contributed by atoms with Gasteiger partial charge in [-0.15, -0.1) is 0 Å². The van der Waals surface area contributed by atoms with Gasteiger partial charge in [-0.25, -0.2) is 8.42 Å². The quantitative estimate of drug-likeness (QED) is 0.778. The van der Waals surface area contributed by atoms with Gasteiger partial charge in [0.25, 0.3) is 0 Å². The fraction of sp³-hybridized carbons (Fsp3) is 0.556. The van der Waals surface area contributed by atoms with Crippen LogP contribution in [0, 0.1) is 18.3 Å². The molecule has 2 rings (SSSR count). The Bertz CT molecular complexity index is 763. The van der Waals surface area contributed by atoms with Gasteiger partial charge in [-0.05, 0) is 45.7 Å². The SMILES string of the molecule is Cc1ccc(S(=O)(=O)N2CCC(C(=O)NCC(C)(C)C(=O)O)CC2)cc1. The number of carboxylic acid groups (broad SMARTS) is 1. The molecule has 1 fully saturated rings. The molecule has 0 aliphatic carbocycles. The predicted octanol–water partition coefficient (Wildman–Crippen LogP) is 1.62. The zero-order chi connectivity index (χ0) is 19.5. The van der Waals surface area contributed by atoms with Crippen molar-refractivity contribution in [2.75, 3.05) is 19.6 Å². The van der Waals surface area contributed by atoms with Gasteiger partial charge in [-0.1, -0.05) is 17.7 Å². The van der Waals surface area contributed by atoms with E-state index in [0.717, 1.165) is 5.56 Å². The van der Waals surface area contributed by atoms with Gasteiger partial charge in [-0.2, -0.15) is 4.31 Å². The van der Waals surface area contributed by atoms with Crippen molar-refractivity contribution in [3.05, 3.63) is 29.8 Å². The Morgan fingerprint density at radius 2 is 1.73 bits per heavy atom. The molecule has 1 aromatic rings. The van der Waals surface area contributed by atoms with Crippen molar-refractivity contribution >= 4 is 21.9 Å². The first-order valence-electron chi connectivity index (χ1n) is 8.62. The standard InChI is InChI=1S/C18H26N2O5S/c1-13-4-6-15(7-5-13)26(24,25)20-10-8-14(9-11-20)16(21)19-12-18(2,3)17(22)23/h4-7,14H,8-12H2,1-3H3,(H,19,21)(H,22,23).